The van der Waals surface area contributed by atoms with Crippen molar-refractivity contribution in [1.29, 1.82) is 0 Å². The molecular formula is C12H20BClN2O2. The van der Waals surface area contributed by atoms with E-state index in [9.17, 15) is 0 Å². The second-order valence-corrected chi connectivity index (χ2v) is 5.32. The smallest absolute Gasteiger partial charge is 0.399 e. The Labute approximate surface area is 115 Å². The van der Waals surface area contributed by atoms with E-state index in [0.717, 1.165) is 11.2 Å². The van der Waals surface area contributed by atoms with Gasteiger partial charge in [0.15, 0.2) is 0 Å². The summed E-state index contributed by atoms with van der Waals surface area (Å²) in [5.74, 6) is 5.49. The Hall–Kier alpha value is -0.745. The summed E-state index contributed by atoms with van der Waals surface area (Å²) in [5.41, 5.74) is 3.75. The number of benzene rings is 1. The highest BCUT2D eigenvalue weighted by Crippen LogP contribution is 2.36. The van der Waals surface area contributed by atoms with Crippen LogP contribution in [0.3, 0.4) is 0 Å². The van der Waals surface area contributed by atoms with Crippen molar-refractivity contribution >= 4 is 30.7 Å². The molecule has 6 heteroatoms. The number of hydrogen-bond acceptors (Lipinski definition) is 4. The van der Waals surface area contributed by atoms with Gasteiger partial charge in [-0.3, -0.25) is 5.84 Å². The van der Waals surface area contributed by atoms with Crippen LogP contribution in [0.15, 0.2) is 24.3 Å². The fraction of sp³-hybridized carbons (Fsp3) is 0.500. The van der Waals surface area contributed by atoms with Gasteiger partial charge in [0, 0.05) is 11.2 Å². The maximum absolute atomic E-state index is 5.97. The first kappa shape index (κ1) is 15.3. The van der Waals surface area contributed by atoms with Gasteiger partial charge in [-0.25, -0.2) is 0 Å². The normalized spacial score (nSPS) is 20.4. The highest BCUT2D eigenvalue weighted by Gasteiger charge is 2.52. The van der Waals surface area contributed by atoms with Gasteiger partial charge in [0.1, 0.15) is 0 Å². The van der Waals surface area contributed by atoms with E-state index in [-0.39, 0.29) is 30.7 Å². The zero-order valence-corrected chi connectivity index (χ0v) is 12.0. The summed E-state index contributed by atoms with van der Waals surface area (Å²) >= 11 is 0. The Morgan fingerprint density at radius 3 is 2.06 bits per heavy atom. The van der Waals surface area contributed by atoms with Crippen molar-refractivity contribution in [3.05, 3.63) is 24.3 Å². The summed E-state index contributed by atoms with van der Waals surface area (Å²) in [6, 6.07) is 7.73. The molecule has 0 unspecified atom stereocenters. The first-order valence-electron chi connectivity index (χ1n) is 5.78. The number of hydrogen-bond donors (Lipinski definition) is 2. The van der Waals surface area contributed by atoms with E-state index in [2.05, 4.69) is 5.43 Å². The number of anilines is 1. The molecule has 1 heterocycles. The molecule has 1 aromatic rings. The highest BCUT2D eigenvalue weighted by molar-refractivity contribution is 6.63. The number of rotatable bonds is 2. The molecule has 2 rings (SSSR count). The number of hydrazine groups is 1. The van der Waals surface area contributed by atoms with Crippen molar-refractivity contribution in [2.24, 2.45) is 5.84 Å². The molecule has 0 atom stereocenters. The summed E-state index contributed by atoms with van der Waals surface area (Å²) < 4.78 is 11.9. The monoisotopic (exact) mass is 270 g/mol. The molecule has 100 valence electrons. The Morgan fingerprint density at radius 2 is 1.56 bits per heavy atom. The first-order chi connectivity index (χ1) is 7.87. The van der Waals surface area contributed by atoms with Crippen LogP contribution in [-0.4, -0.2) is 18.3 Å². The van der Waals surface area contributed by atoms with Crippen LogP contribution in [0.2, 0.25) is 0 Å². The van der Waals surface area contributed by atoms with E-state index in [4.69, 9.17) is 15.2 Å². The minimum absolute atomic E-state index is 0. The number of nitrogens with two attached hydrogens (primary N) is 1. The van der Waals surface area contributed by atoms with Crippen LogP contribution >= 0.6 is 12.4 Å². The summed E-state index contributed by atoms with van der Waals surface area (Å²) in [5, 5.41) is 0. The van der Waals surface area contributed by atoms with Gasteiger partial charge < -0.3 is 14.7 Å². The summed E-state index contributed by atoms with van der Waals surface area (Å²) in [7, 11) is -0.382. The quantitative estimate of drug-likeness (QED) is 0.488. The predicted octanol–water partition coefficient (Wildman–Crippen LogP) is 1.69. The molecule has 1 aromatic carbocycles. The Bertz CT molecular complexity index is 410. The highest BCUT2D eigenvalue weighted by atomic mass is 35.5. The lowest BCUT2D eigenvalue weighted by atomic mass is 9.78. The molecule has 3 N–H and O–H groups in total. The van der Waals surface area contributed by atoms with Crippen LogP contribution in [0.4, 0.5) is 5.69 Å². The maximum Gasteiger partial charge on any atom is 0.497 e. The van der Waals surface area contributed by atoms with Crippen LogP contribution in [0.25, 0.3) is 0 Å². The van der Waals surface area contributed by atoms with Gasteiger partial charge >= 0.3 is 7.12 Å². The van der Waals surface area contributed by atoms with Crippen LogP contribution in [-0.2, 0) is 9.31 Å². The molecule has 1 saturated heterocycles. The van der Waals surface area contributed by atoms with E-state index < -0.39 is 0 Å². The van der Waals surface area contributed by atoms with Gasteiger partial charge in [-0.2, -0.15) is 0 Å². The van der Waals surface area contributed by atoms with Crippen molar-refractivity contribution in [2.75, 3.05) is 5.43 Å². The Balaban J connectivity index is 0.00000162. The third kappa shape index (κ3) is 2.49. The SMILES string of the molecule is CC1(C)OB(c2ccccc2NN)OC1(C)C.Cl. The average Bonchev–Trinajstić information content (AvgIpc) is 2.48. The minimum Gasteiger partial charge on any atom is -0.399 e. The Kier molecular flexibility index (Phi) is 4.33. The lowest BCUT2D eigenvalue weighted by molar-refractivity contribution is 0.00578. The number of para-hydroxylation sites is 1. The summed E-state index contributed by atoms with van der Waals surface area (Å²) in [4.78, 5) is 0. The molecule has 1 fully saturated rings. The van der Waals surface area contributed by atoms with Crippen molar-refractivity contribution in [2.45, 2.75) is 38.9 Å². The van der Waals surface area contributed by atoms with Crippen molar-refractivity contribution < 1.29 is 9.31 Å². The molecule has 4 nitrogen and oxygen atoms in total. The van der Waals surface area contributed by atoms with Gasteiger partial charge in [-0.1, -0.05) is 18.2 Å². The topological polar surface area (TPSA) is 56.5 Å². The number of halogens is 1. The zero-order chi connectivity index (χ0) is 12.7. The van der Waals surface area contributed by atoms with E-state index in [0.29, 0.717) is 0 Å². The second kappa shape index (κ2) is 5.09. The van der Waals surface area contributed by atoms with Crippen LogP contribution in [0.1, 0.15) is 27.7 Å². The number of nitrogens with one attached hydrogen (secondary N) is 1. The van der Waals surface area contributed by atoms with Gasteiger partial charge in [-0.05, 0) is 33.8 Å². The van der Waals surface area contributed by atoms with Crippen LogP contribution in [0, 0.1) is 0 Å². The molecular weight excluding hydrogens is 250 g/mol. The van der Waals surface area contributed by atoms with Gasteiger partial charge in [0.05, 0.1) is 11.2 Å². The van der Waals surface area contributed by atoms with Crippen LogP contribution < -0.4 is 16.7 Å². The fourth-order valence-electron chi connectivity index (χ4n) is 1.80. The minimum atomic E-state index is -0.382. The van der Waals surface area contributed by atoms with Crippen LogP contribution in [0.5, 0.6) is 0 Å². The predicted molar refractivity (Wildman–Crippen MR) is 77.2 cm³/mol. The largest absolute Gasteiger partial charge is 0.497 e. The molecule has 0 bridgehead atoms. The molecule has 1 aliphatic rings. The van der Waals surface area contributed by atoms with E-state index >= 15 is 0 Å². The zero-order valence-electron chi connectivity index (χ0n) is 11.2. The van der Waals surface area contributed by atoms with Gasteiger partial charge in [0.25, 0.3) is 0 Å². The Morgan fingerprint density at radius 1 is 1.06 bits per heavy atom. The van der Waals surface area contributed by atoms with Crippen molar-refractivity contribution in [1.82, 2.24) is 0 Å². The van der Waals surface area contributed by atoms with Crippen molar-refractivity contribution in [3.63, 3.8) is 0 Å². The second-order valence-electron chi connectivity index (χ2n) is 5.32. The summed E-state index contributed by atoms with van der Waals surface area (Å²) in [6.07, 6.45) is 0. The maximum atomic E-state index is 5.97. The molecule has 0 aromatic heterocycles. The fourth-order valence-corrected chi connectivity index (χ4v) is 1.80. The third-order valence-electron chi connectivity index (χ3n) is 3.62. The van der Waals surface area contributed by atoms with Crippen molar-refractivity contribution in [3.8, 4) is 0 Å². The molecule has 1 aliphatic heterocycles. The molecule has 0 radical (unpaired) electrons. The first-order valence-corrected chi connectivity index (χ1v) is 5.78. The molecule has 0 amide bonds. The lowest BCUT2D eigenvalue weighted by Crippen LogP contribution is -2.41. The molecule has 18 heavy (non-hydrogen) atoms. The number of nitrogen functional groups attached to an aromatic ring is 1. The van der Waals surface area contributed by atoms with Gasteiger partial charge in [-0.15, -0.1) is 12.4 Å². The standard InChI is InChI=1S/C12H19BN2O2.ClH/c1-11(2)12(3,4)17-13(16-11)9-7-5-6-8-10(9)15-14;/h5-8,15H,14H2,1-4H3;1H. The average molecular weight is 271 g/mol. The van der Waals surface area contributed by atoms with E-state index in [1.807, 2.05) is 52.0 Å². The molecule has 0 aliphatic carbocycles. The molecule has 0 saturated carbocycles. The summed E-state index contributed by atoms with van der Waals surface area (Å²) in [6.45, 7) is 8.13. The van der Waals surface area contributed by atoms with E-state index in [1.54, 1.807) is 0 Å². The van der Waals surface area contributed by atoms with Gasteiger partial charge in [0.2, 0.25) is 0 Å². The third-order valence-corrected chi connectivity index (χ3v) is 3.62. The molecule has 0 spiro atoms. The van der Waals surface area contributed by atoms with E-state index in [1.165, 1.54) is 0 Å². The lowest BCUT2D eigenvalue weighted by Gasteiger charge is -2.32.